The third kappa shape index (κ3) is 3.80. The van der Waals surface area contributed by atoms with Gasteiger partial charge < -0.3 is 9.88 Å². The average molecular weight is 264 g/mol. The van der Waals surface area contributed by atoms with Crippen molar-refractivity contribution in [3.63, 3.8) is 0 Å². The first-order valence-corrected chi connectivity index (χ1v) is 7.36. The monoisotopic (exact) mass is 264 g/mol. The van der Waals surface area contributed by atoms with Crippen LogP contribution >= 0.6 is 0 Å². The molecular formula is C15H28N4. The Balaban J connectivity index is 2.00. The van der Waals surface area contributed by atoms with Crippen molar-refractivity contribution in [3.05, 3.63) is 18.2 Å². The van der Waals surface area contributed by atoms with Gasteiger partial charge in [0.05, 0.1) is 6.54 Å². The molecule has 0 radical (unpaired) electrons. The zero-order chi connectivity index (χ0) is 14.0. The quantitative estimate of drug-likeness (QED) is 0.904. The second kappa shape index (κ2) is 5.63. The predicted octanol–water partition coefficient (Wildman–Crippen LogP) is 2.11. The topological polar surface area (TPSA) is 33.1 Å². The summed E-state index contributed by atoms with van der Waals surface area (Å²) in [7, 11) is 0. The van der Waals surface area contributed by atoms with E-state index >= 15 is 0 Å². The molecule has 0 saturated heterocycles. The molecule has 19 heavy (non-hydrogen) atoms. The molecule has 0 aliphatic carbocycles. The van der Waals surface area contributed by atoms with Gasteiger partial charge in [0.1, 0.15) is 5.82 Å². The molecule has 1 aromatic rings. The van der Waals surface area contributed by atoms with Crippen molar-refractivity contribution in [1.29, 1.82) is 0 Å². The van der Waals surface area contributed by atoms with Crippen molar-refractivity contribution < 1.29 is 0 Å². The first-order valence-electron chi connectivity index (χ1n) is 7.36. The van der Waals surface area contributed by atoms with E-state index in [0.717, 1.165) is 26.2 Å². The molecule has 1 aromatic heterocycles. The van der Waals surface area contributed by atoms with Gasteiger partial charge in [-0.05, 0) is 26.7 Å². The van der Waals surface area contributed by atoms with Crippen molar-refractivity contribution >= 4 is 0 Å². The number of hydrogen-bond acceptors (Lipinski definition) is 3. The van der Waals surface area contributed by atoms with E-state index in [4.69, 9.17) is 0 Å². The smallest absolute Gasteiger partial charge is 0.122 e. The van der Waals surface area contributed by atoms with Crippen LogP contribution in [0.4, 0.5) is 0 Å². The Morgan fingerprint density at radius 3 is 2.68 bits per heavy atom. The van der Waals surface area contributed by atoms with E-state index in [0.29, 0.717) is 12.0 Å². The summed E-state index contributed by atoms with van der Waals surface area (Å²) >= 11 is 0. The number of fused-ring (bicyclic) bond motifs is 1. The lowest BCUT2D eigenvalue weighted by atomic mass is 10.00. The average Bonchev–Trinajstić information content (AvgIpc) is 2.74. The SMILES string of the molecule is CC(C)C(CNC(C)(C)C)N1CCn2ccnc2C1. The minimum atomic E-state index is 0.182. The van der Waals surface area contributed by atoms with Crippen LogP contribution in [0.25, 0.3) is 0 Å². The molecule has 0 amide bonds. The van der Waals surface area contributed by atoms with Gasteiger partial charge in [0, 0.05) is 43.6 Å². The highest BCUT2D eigenvalue weighted by Crippen LogP contribution is 2.18. The van der Waals surface area contributed by atoms with Gasteiger partial charge in [-0.25, -0.2) is 4.98 Å². The number of aromatic nitrogens is 2. The highest BCUT2D eigenvalue weighted by Gasteiger charge is 2.27. The van der Waals surface area contributed by atoms with Crippen molar-refractivity contribution in [2.75, 3.05) is 13.1 Å². The molecule has 4 heteroatoms. The van der Waals surface area contributed by atoms with E-state index in [1.54, 1.807) is 0 Å². The summed E-state index contributed by atoms with van der Waals surface area (Å²) in [6.07, 6.45) is 4.00. The molecule has 2 heterocycles. The summed E-state index contributed by atoms with van der Waals surface area (Å²) in [6.45, 7) is 15.5. The molecule has 1 aliphatic rings. The van der Waals surface area contributed by atoms with Gasteiger partial charge in [-0.15, -0.1) is 0 Å². The Labute approximate surface area is 117 Å². The van der Waals surface area contributed by atoms with Crippen molar-refractivity contribution in [2.45, 2.75) is 59.3 Å². The van der Waals surface area contributed by atoms with Crippen LogP contribution in [0, 0.1) is 5.92 Å². The Morgan fingerprint density at radius 2 is 2.05 bits per heavy atom. The Morgan fingerprint density at radius 1 is 1.32 bits per heavy atom. The van der Waals surface area contributed by atoms with Crippen LogP contribution in [0.2, 0.25) is 0 Å². The van der Waals surface area contributed by atoms with Gasteiger partial charge in [0.25, 0.3) is 0 Å². The molecule has 1 aliphatic heterocycles. The molecule has 1 atom stereocenters. The van der Waals surface area contributed by atoms with Gasteiger partial charge in [-0.3, -0.25) is 4.90 Å². The summed E-state index contributed by atoms with van der Waals surface area (Å²) < 4.78 is 2.27. The summed E-state index contributed by atoms with van der Waals surface area (Å²) in [6, 6.07) is 0.574. The second-order valence-electron chi connectivity index (χ2n) is 6.95. The zero-order valence-electron chi connectivity index (χ0n) is 13.0. The van der Waals surface area contributed by atoms with Crippen LogP contribution in [0.15, 0.2) is 12.4 Å². The molecule has 0 saturated carbocycles. The van der Waals surface area contributed by atoms with Crippen LogP contribution < -0.4 is 5.32 Å². The maximum atomic E-state index is 4.46. The molecular weight excluding hydrogens is 236 g/mol. The number of nitrogens with zero attached hydrogens (tertiary/aromatic N) is 3. The summed E-state index contributed by atoms with van der Waals surface area (Å²) in [5, 5.41) is 3.65. The lowest BCUT2D eigenvalue weighted by Gasteiger charge is -2.38. The molecule has 1 unspecified atom stereocenters. The normalized spacial score (nSPS) is 18.6. The highest BCUT2D eigenvalue weighted by molar-refractivity contribution is 4.97. The highest BCUT2D eigenvalue weighted by atomic mass is 15.3. The fourth-order valence-electron chi connectivity index (χ4n) is 2.67. The van der Waals surface area contributed by atoms with Crippen molar-refractivity contribution in [3.8, 4) is 0 Å². The van der Waals surface area contributed by atoms with Crippen LogP contribution in [-0.4, -0.2) is 39.1 Å². The fourth-order valence-corrected chi connectivity index (χ4v) is 2.67. The Hall–Kier alpha value is -0.870. The van der Waals surface area contributed by atoms with Gasteiger partial charge in [0.2, 0.25) is 0 Å². The minimum Gasteiger partial charge on any atom is -0.333 e. The van der Waals surface area contributed by atoms with Crippen LogP contribution in [0.3, 0.4) is 0 Å². The molecule has 0 bridgehead atoms. The molecule has 2 rings (SSSR count). The predicted molar refractivity (Wildman–Crippen MR) is 79.0 cm³/mol. The van der Waals surface area contributed by atoms with Crippen molar-refractivity contribution in [1.82, 2.24) is 19.8 Å². The van der Waals surface area contributed by atoms with E-state index in [1.165, 1.54) is 5.82 Å². The molecule has 0 spiro atoms. The third-order valence-corrected chi connectivity index (χ3v) is 3.85. The molecule has 0 fully saturated rings. The van der Waals surface area contributed by atoms with Gasteiger partial charge in [-0.1, -0.05) is 13.8 Å². The molecule has 0 aromatic carbocycles. The number of rotatable bonds is 4. The molecule has 4 nitrogen and oxygen atoms in total. The summed E-state index contributed by atoms with van der Waals surface area (Å²) in [4.78, 5) is 7.03. The lowest BCUT2D eigenvalue weighted by Crippen LogP contribution is -2.51. The van der Waals surface area contributed by atoms with E-state index in [9.17, 15) is 0 Å². The lowest BCUT2D eigenvalue weighted by molar-refractivity contribution is 0.111. The van der Waals surface area contributed by atoms with Crippen molar-refractivity contribution in [2.24, 2.45) is 5.92 Å². The van der Waals surface area contributed by atoms with Gasteiger partial charge >= 0.3 is 0 Å². The van der Waals surface area contributed by atoms with E-state index in [2.05, 4.69) is 60.6 Å². The Kier molecular flexibility index (Phi) is 4.31. The van der Waals surface area contributed by atoms with E-state index < -0.39 is 0 Å². The van der Waals surface area contributed by atoms with Gasteiger partial charge in [-0.2, -0.15) is 0 Å². The largest absolute Gasteiger partial charge is 0.333 e. The van der Waals surface area contributed by atoms with E-state index in [-0.39, 0.29) is 5.54 Å². The first kappa shape index (κ1) is 14.5. The molecule has 108 valence electrons. The summed E-state index contributed by atoms with van der Waals surface area (Å²) in [5.41, 5.74) is 0.182. The van der Waals surface area contributed by atoms with Gasteiger partial charge in [0.15, 0.2) is 0 Å². The minimum absolute atomic E-state index is 0.182. The molecule has 1 N–H and O–H groups in total. The number of hydrogen-bond donors (Lipinski definition) is 1. The third-order valence-electron chi connectivity index (χ3n) is 3.85. The summed E-state index contributed by atoms with van der Waals surface area (Å²) in [5.74, 6) is 1.85. The van der Waals surface area contributed by atoms with Crippen LogP contribution in [-0.2, 0) is 13.1 Å². The standard InChI is InChI=1S/C15H28N4/c1-12(2)13(10-17-15(3,4)5)19-9-8-18-7-6-16-14(18)11-19/h6-7,12-13,17H,8-11H2,1-5H3. The fraction of sp³-hybridized carbons (Fsp3) is 0.800. The number of imidazole rings is 1. The van der Waals surface area contributed by atoms with Crippen LogP contribution in [0.5, 0.6) is 0 Å². The van der Waals surface area contributed by atoms with Crippen LogP contribution in [0.1, 0.15) is 40.4 Å². The zero-order valence-corrected chi connectivity index (χ0v) is 13.0. The number of nitrogens with one attached hydrogen (secondary N) is 1. The van der Waals surface area contributed by atoms with E-state index in [1.807, 2.05) is 6.20 Å². The Bertz CT molecular complexity index is 403. The maximum absolute atomic E-state index is 4.46. The second-order valence-corrected chi connectivity index (χ2v) is 6.95. The maximum Gasteiger partial charge on any atom is 0.122 e. The first-order chi connectivity index (χ1) is 8.87.